The van der Waals surface area contributed by atoms with Crippen LogP contribution in [-0.2, 0) is 11.2 Å². The quantitative estimate of drug-likeness (QED) is 0.905. The standard InChI is InChI=1S/C14H20N2O.ClH/c1-10-4-5-11(2)12(6-10)7-14(17)16(3)13-8-15-9-13;/h4-6,13,15H,7-9H2,1-3H3;1H. The van der Waals surface area contributed by atoms with Gasteiger partial charge in [0.25, 0.3) is 0 Å². The Morgan fingerprint density at radius 3 is 2.61 bits per heavy atom. The van der Waals surface area contributed by atoms with Crippen molar-refractivity contribution in [3.8, 4) is 0 Å². The Balaban J connectivity index is 0.00000162. The first kappa shape index (κ1) is 15.0. The van der Waals surface area contributed by atoms with Crippen LogP contribution in [0.4, 0.5) is 0 Å². The van der Waals surface area contributed by atoms with Crippen molar-refractivity contribution in [3.05, 3.63) is 34.9 Å². The van der Waals surface area contributed by atoms with E-state index in [2.05, 4.69) is 37.4 Å². The van der Waals surface area contributed by atoms with Gasteiger partial charge < -0.3 is 10.2 Å². The fraction of sp³-hybridized carbons (Fsp3) is 0.500. The van der Waals surface area contributed by atoms with Crippen LogP contribution in [0.3, 0.4) is 0 Å². The summed E-state index contributed by atoms with van der Waals surface area (Å²) in [5, 5.41) is 3.19. The molecule has 1 heterocycles. The van der Waals surface area contributed by atoms with Crippen molar-refractivity contribution in [2.45, 2.75) is 26.3 Å². The highest BCUT2D eigenvalue weighted by molar-refractivity contribution is 5.85. The molecule has 0 saturated carbocycles. The van der Waals surface area contributed by atoms with Gasteiger partial charge in [-0.25, -0.2) is 0 Å². The minimum atomic E-state index is 0. The van der Waals surface area contributed by atoms with Gasteiger partial charge in [-0.1, -0.05) is 23.8 Å². The van der Waals surface area contributed by atoms with Crippen LogP contribution in [0.25, 0.3) is 0 Å². The molecule has 1 aromatic rings. The van der Waals surface area contributed by atoms with Crippen LogP contribution in [0.1, 0.15) is 16.7 Å². The summed E-state index contributed by atoms with van der Waals surface area (Å²) in [5.41, 5.74) is 3.56. The van der Waals surface area contributed by atoms with Crippen LogP contribution in [-0.4, -0.2) is 37.0 Å². The van der Waals surface area contributed by atoms with Crippen LogP contribution >= 0.6 is 12.4 Å². The average molecular weight is 269 g/mol. The molecule has 0 atom stereocenters. The number of hydrogen-bond acceptors (Lipinski definition) is 2. The van der Waals surface area contributed by atoms with Gasteiger partial charge in [-0.15, -0.1) is 12.4 Å². The van der Waals surface area contributed by atoms with Gasteiger partial charge in [0.1, 0.15) is 0 Å². The monoisotopic (exact) mass is 268 g/mol. The highest BCUT2D eigenvalue weighted by Crippen LogP contribution is 2.13. The second kappa shape index (κ2) is 6.21. The van der Waals surface area contributed by atoms with E-state index < -0.39 is 0 Å². The topological polar surface area (TPSA) is 32.3 Å². The lowest BCUT2D eigenvalue weighted by molar-refractivity contribution is -0.132. The Bertz CT molecular complexity index is 430. The lowest BCUT2D eigenvalue weighted by Gasteiger charge is -2.35. The van der Waals surface area contributed by atoms with Crippen molar-refractivity contribution < 1.29 is 4.79 Å². The molecule has 0 bridgehead atoms. The SMILES string of the molecule is Cc1ccc(C)c(CC(=O)N(C)C2CNC2)c1.Cl. The third-order valence-electron chi connectivity index (χ3n) is 3.55. The summed E-state index contributed by atoms with van der Waals surface area (Å²) in [5.74, 6) is 0.213. The summed E-state index contributed by atoms with van der Waals surface area (Å²) in [6.45, 7) is 5.98. The Kier molecular flexibility index (Phi) is 5.17. The molecular weight excluding hydrogens is 248 g/mol. The van der Waals surface area contributed by atoms with Crippen LogP contribution in [0.5, 0.6) is 0 Å². The second-order valence-electron chi connectivity index (χ2n) is 4.92. The van der Waals surface area contributed by atoms with Crippen LogP contribution in [0.2, 0.25) is 0 Å². The Morgan fingerprint density at radius 2 is 2.06 bits per heavy atom. The molecule has 1 aromatic carbocycles. The molecule has 1 aliphatic heterocycles. The van der Waals surface area contributed by atoms with Gasteiger partial charge in [0, 0.05) is 20.1 Å². The van der Waals surface area contributed by atoms with E-state index in [4.69, 9.17) is 0 Å². The molecule has 2 rings (SSSR count). The number of aryl methyl sites for hydroxylation is 2. The molecule has 3 nitrogen and oxygen atoms in total. The minimum absolute atomic E-state index is 0. The maximum absolute atomic E-state index is 12.1. The smallest absolute Gasteiger partial charge is 0.227 e. The maximum Gasteiger partial charge on any atom is 0.227 e. The molecule has 0 unspecified atom stereocenters. The third-order valence-corrected chi connectivity index (χ3v) is 3.55. The molecule has 18 heavy (non-hydrogen) atoms. The summed E-state index contributed by atoms with van der Waals surface area (Å²) in [7, 11) is 1.90. The van der Waals surface area contributed by atoms with Gasteiger partial charge in [-0.3, -0.25) is 4.79 Å². The molecule has 1 amide bonds. The molecule has 0 radical (unpaired) electrons. The summed E-state index contributed by atoms with van der Waals surface area (Å²) in [6.07, 6.45) is 0.514. The molecular formula is C14H21ClN2O. The first-order chi connectivity index (χ1) is 8.08. The number of nitrogens with zero attached hydrogens (tertiary/aromatic N) is 1. The summed E-state index contributed by atoms with van der Waals surface area (Å²) in [4.78, 5) is 14.0. The third kappa shape index (κ3) is 3.24. The molecule has 1 aliphatic rings. The second-order valence-corrected chi connectivity index (χ2v) is 4.92. The molecule has 1 saturated heterocycles. The largest absolute Gasteiger partial charge is 0.340 e. The van der Waals surface area contributed by atoms with E-state index in [1.807, 2.05) is 11.9 Å². The Labute approximate surface area is 115 Å². The Morgan fingerprint density at radius 1 is 1.39 bits per heavy atom. The highest BCUT2D eigenvalue weighted by Gasteiger charge is 2.25. The van der Waals surface area contributed by atoms with Gasteiger partial charge in [0.05, 0.1) is 12.5 Å². The van der Waals surface area contributed by atoms with Gasteiger partial charge in [-0.2, -0.15) is 0 Å². The summed E-state index contributed by atoms with van der Waals surface area (Å²) >= 11 is 0. The number of benzene rings is 1. The molecule has 0 spiro atoms. The maximum atomic E-state index is 12.1. The summed E-state index contributed by atoms with van der Waals surface area (Å²) < 4.78 is 0. The highest BCUT2D eigenvalue weighted by atomic mass is 35.5. The number of carbonyl (C=O) groups excluding carboxylic acids is 1. The lowest BCUT2D eigenvalue weighted by Crippen LogP contribution is -2.57. The number of amides is 1. The van der Waals surface area contributed by atoms with Gasteiger partial charge >= 0.3 is 0 Å². The van der Waals surface area contributed by atoms with E-state index in [1.54, 1.807) is 0 Å². The number of halogens is 1. The number of hydrogen-bond donors (Lipinski definition) is 1. The van der Waals surface area contributed by atoms with Crippen molar-refractivity contribution in [1.29, 1.82) is 0 Å². The zero-order chi connectivity index (χ0) is 12.4. The van der Waals surface area contributed by atoms with Crippen molar-refractivity contribution in [2.24, 2.45) is 0 Å². The number of rotatable bonds is 3. The normalized spacial score (nSPS) is 14.6. The Hall–Kier alpha value is -1.06. The molecule has 1 N–H and O–H groups in total. The van der Waals surface area contributed by atoms with Crippen molar-refractivity contribution in [2.75, 3.05) is 20.1 Å². The first-order valence-corrected chi connectivity index (χ1v) is 6.10. The van der Waals surface area contributed by atoms with Crippen molar-refractivity contribution in [1.82, 2.24) is 10.2 Å². The molecule has 4 heteroatoms. The zero-order valence-electron chi connectivity index (χ0n) is 11.2. The fourth-order valence-corrected chi connectivity index (χ4v) is 2.03. The van der Waals surface area contributed by atoms with E-state index in [0.717, 1.165) is 18.7 Å². The van der Waals surface area contributed by atoms with E-state index in [9.17, 15) is 4.79 Å². The van der Waals surface area contributed by atoms with Crippen LogP contribution in [0, 0.1) is 13.8 Å². The van der Waals surface area contributed by atoms with E-state index in [-0.39, 0.29) is 18.3 Å². The van der Waals surface area contributed by atoms with Crippen LogP contribution in [0.15, 0.2) is 18.2 Å². The number of carbonyl (C=O) groups is 1. The predicted octanol–water partition coefficient (Wildman–Crippen LogP) is 1.70. The predicted molar refractivity (Wildman–Crippen MR) is 76.3 cm³/mol. The fourth-order valence-electron chi connectivity index (χ4n) is 2.03. The van der Waals surface area contributed by atoms with Crippen molar-refractivity contribution in [3.63, 3.8) is 0 Å². The van der Waals surface area contributed by atoms with E-state index in [1.165, 1.54) is 11.1 Å². The van der Waals surface area contributed by atoms with Crippen molar-refractivity contribution >= 4 is 18.3 Å². The molecule has 100 valence electrons. The molecule has 0 aromatic heterocycles. The lowest BCUT2D eigenvalue weighted by atomic mass is 10.0. The summed E-state index contributed by atoms with van der Waals surface area (Å²) in [6, 6.07) is 6.67. The number of nitrogens with one attached hydrogen (secondary N) is 1. The average Bonchev–Trinajstić information content (AvgIpc) is 2.21. The van der Waals surface area contributed by atoms with Gasteiger partial charge in [-0.05, 0) is 25.0 Å². The molecule has 1 fully saturated rings. The van der Waals surface area contributed by atoms with Gasteiger partial charge in [0.2, 0.25) is 5.91 Å². The zero-order valence-corrected chi connectivity index (χ0v) is 12.0. The first-order valence-electron chi connectivity index (χ1n) is 6.10. The van der Waals surface area contributed by atoms with E-state index >= 15 is 0 Å². The van der Waals surface area contributed by atoms with E-state index in [0.29, 0.717) is 12.5 Å². The van der Waals surface area contributed by atoms with Crippen LogP contribution < -0.4 is 5.32 Å². The number of likely N-dealkylation sites (N-methyl/N-ethyl adjacent to an activating group) is 1. The van der Waals surface area contributed by atoms with Gasteiger partial charge in [0.15, 0.2) is 0 Å². The molecule has 0 aliphatic carbocycles. The minimum Gasteiger partial charge on any atom is -0.340 e.